The Morgan fingerprint density at radius 1 is 0.293 bits per heavy atom. The summed E-state index contributed by atoms with van der Waals surface area (Å²) in [6.45, 7) is 2.57. The topological polar surface area (TPSA) is 0 Å². The van der Waals surface area contributed by atoms with E-state index in [0.717, 1.165) is 0 Å². The largest absolute Gasteiger partial charge is 0.146 e. The lowest BCUT2D eigenvalue weighted by atomic mass is 9.85. The van der Waals surface area contributed by atoms with Crippen molar-refractivity contribution in [1.29, 1.82) is 0 Å². The molecule has 58 heavy (non-hydrogen) atoms. The fourth-order valence-electron chi connectivity index (χ4n) is 10.3. The lowest BCUT2D eigenvalue weighted by Crippen LogP contribution is -2.65. The first-order valence-corrected chi connectivity index (χ1v) is 22.8. The SMILES string of the molecule is C[Si](c1ccc(-c2c3ccccc3c(-c3cccc4ccccc34)c3ccccc23)cc1)(c1ccc2ccccc2c1)c1ccc2ccc3cccc4ccc1c2c34. The van der Waals surface area contributed by atoms with Crippen LogP contribution >= 0.6 is 0 Å². The average Bonchev–Trinajstić information content (AvgIpc) is 3.29. The van der Waals surface area contributed by atoms with E-state index in [1.165, 1.54) is 113 Å². The van der Waals surface area contributed by atoms with Crippen LogP contribution in [0.1, 0.15) is 0 Å². The Kier molecular flexibility index (Phi) is 7.27. The van der Waals surface area contributed by atoms with Crippen molar-refractivity contribution in [2.75, 3.05) is 0 Å². The van der Waals surface area contributed by atoms with Gasteiger partial charge < -0.3 is 0 Å². The van der Waals surface area contributed by atoms with Crippen LogP contribution in [0, 0.1) is 0 Å². The van der Waals surface area contributed by atoms with Gasteiger partial charge in [-0.05, 0) is 113 Å². The second kappa shape index (κ2) is 12.7. The van der Waals surface area contributed by atoms with E-state index in [0.29, 0.717) is 0 Å². The highest BCUT2D eigenvalue weighted by atomic mass is 28.3. The van der Waals surface area contributed by atoms with Crippen molar-refractivity contribution in [1.82, 2.24) is 0 Å². The fraction of sp³-hybridized carbons (Fsp3) is 0.0175. The Hall–Kier alpha value is -7.06. The molecule has 0 N–H and O–H groups in total. The third-order valence-electron chi connectivity index (χ3n) is 13.1. The molecular formula is C57H38Si. The van der Waals surface area contributed by atoms with Gasteiger partial charge >= 0.3 is 0 Å². The molecule has 0 saturated heterocycles. The third kappa shape index (κ3) is 4.81. The fourth-order valence-corrected chi connectivity index (χ4v) is 14.1. The minimum atomic E-state index is -2.60. The molecule has 1 heteroatoms. The smallest absolute Gasteiger partial charge is 0.0616 e. The summed E-state index contributed by atoms with van der Waals surface area (Å²) >= 11 is 0. The number of hydrogen-bond acceptors (Lipinski definition) is 0. The van der Waals surface area contributed by atoms with Gasteiger partial charge in [0, 0.05) is 0 Å². The number of rotatable bonds is 5. The molecular weight excluding hydrogens is 713 g/mol. The average molecular weight is 751 g/mol. The zero-order chi connectivity index (χ0) is 38.4. The molecule has 0 amide bonds. The number of fused-ring (bicyclic) bond motifs is 4. The summed E-state index contributed by atoms with van der Waals surface area (Å²) in [5.41, 5.74) is 5.11. The summed E-state index contributed by atoms with van der Waals surface area (Å²) in [4.78, 5) is 0. The van der Waals surface area contributed by atoms with E-state index in [1.807, 2.05) is 0 Å². The van der Waals surface area contributed by atoms with E-state index in [2.05, 4.69) is 219 Å². The van der Waals surface area contributed by atoms with Crippen LogP contribution in [0.25, 0.3) is 97.7 Å². The van der Waals surface area contributed by atoms with Gasteiger partial charge in [0.25, 0.3) is 0 Å². The molecule has 0 aromatic heterocycles. The summed E-state index contributed by atoms with van der Waals surface area (Å²) in [5, 5.41) is 22.5. The molecule has 0 nitrogen and oxygen atoms in total. The Morgan fingerprint density at radius 3 is 1.48 bits per heavy atom. The molecule has 12 rings (SSSR count). The maximum Gasteiger partial charge on any atom is 0.146 e. The van der Waals surface area contributed by atoms with E-state index in [1.54, 1.807) is 0 Å². The van der Waals surface area contributed by atoms with E-state index < -0.39 is 8.07 Å². The quantitative estimate of drug-likeness (QED) is 0.0711. The van der Waals surface area contributed by atoms with Crippen molar-refractivity contribution in [3.05, 3.63) is 212 Å². The maximum absolute atomic E-state index is 2.60. The molecule has 1 atom stereocenters. The van der Waals surface area contributed by atoms with Gasteiger partial charge in [-0.2, -0.15) is 0 Å². The van der Waals surface area contributed by atoms with Crippen molar-refractivity contribution in [3.63, 3.8) is 0 Å². The summed E-state index contributed by atoms with van der Waals surface area (Å²) in [6, 6.07) is 80.1. The van der Waals surface area contributed by atoms with Gasteiger partial charge in [0.1, 0.15) is 8.07 Å². The Morgan fingerprint density at radius 2 is 0.776 bits per heavy atom. The van der Waals surface area contributed by atoms with Gasteiger partial charge in [0.15, 0.2) is 0 Å². The number of hydrogen-bond donors (Lipinski definition) is 0. The minimum Gasteiger partial charge on any atom is -0.0616 e. The van der Waals surface area contributed by atoms with Gasteiger partial charge in [0.05, 0.1) is 0 Å². The van der Waals surface area contributed by atoms with Crippen LogP contribution in [0.5, 0.6) is 0 Å². The summed E-state index contributed by atoms with van der Waals surface area (Å²) < 4.78 is 0. The molecule has 1 unspecified atom stereocenters. The van der Waals surface area contributed by atoms with Crippen LogP contribution in [-0.2, 0) is 0 Å². The lowest BCUT2D eigenvalue weighted by molar-refractivity contribution is 1.66. The first-order valence-electron chi connectivity index (χ1n) is 20.3. The maximum atomic E-state index is 2.57. The highest BCUT2D eigenvalue weighted by Gasteiger charge is 2.36. The van der Waals surface area contributed by atoms with Crippen molar-refractivity contribution in [2.45, 2.75) is 6.55 Å². The molecule has 0 aliphatic carbocycles. The zero-order valence-electron chi connectivity index (χ0n) is 32.2. The second-order valence-electron chi connectivity index (χ2n) is 16.1. The molecule has 0 bridgehead atoms. The molecule has 0 spiro atoms. The first-order chi connectivity index (χ1) is 28.6. The predicted molar refractivity (Wildman–Crippen MR) is 254 cm³/mol. The Balaban J connectivity index is 1.10. The van der Waals surface area contributed by atoms with Gasteiger partial charge in [-0.25, -0.2) is 0 Å². The van der Waals surface area contributed by atoms with Crippen molar-refractivity contribution in [2.24, 2.45) is 0 Å². The molecule has 0 fully saturated rings. The number of benzene rings is 12. The normalized spacial score (nSPS) is 13.1. The van der Waals surface area contributed by atoms with Crippen molar-refractivity contribution in [3.8, 4) is 22.3 Å². The van der Waals surface area contributed by atoms with E-state index in [4.69, 9.17) is 0 Å². The summed E-state index contributed by atoms with van der Waals surface area (Å²) in [7, 11) is -2.60. The third-order valence-corrected chi connectivity index (χ3v) is 17.6. The molecule has 270 valence electrons. The Bertz CT molecular complexity index is 3500. The minimum absolute atomic E-state index is 1.24. The Labute approximate surface area is 338 Å². The molecule has 0 heterocycles. The monoisotopic (exact) mass is 750 g/mol. The lowest BCUT2D eigenvalue weighted by Gasteiger charge is -2.32. The van der Waals surface area contributed by atoms with Crippen molar-refractivity contribution < 1.29 is 0 Å². The van der Waals surface area contributed by atoms with Gasteiger partial charge in [-0.15, -0.1) is 0 Å². The van der Waals surface area contributed by atoms with Gasteiger partial charge in [-0.3, -0.25) is 0 Å². The van der Waals surface area contributed by atoms with Gasteiger partial charge in [-0.1, -0.05) is 219 Å². The van der Waals surface area contributed by atoms with Crippen LogP contribution < -0.4 is 15.6 Å². The van der Waals surface area contributed by atoms with Crippen molar-refractivity contribution >= 4 is 99.0 Å². The highest BCUT2D eigenvalue weighted by Crippen LogP contribution is 2.45. The summed E-state index contributed by atoms with van der Waals surface area (Å²) in [5.74, 6) is 0. The second-order valence-corrected chi connectivity index (χ2v) is 20.0. The van der Waals surface area contributed by atoms with E-state index in [9.17, 15) is 0 Å². The molecule has 12 aromatic rings. The van der Waals surface area contributed by atoms with Crippen LogP contribution in [0.2, 0.25) is 6.55 Å². The van der Waals surface area contributed by atoms with Gasteiger partial charge in [0.2, 0.25) is 0 Å². The van der Waals surface area contributed by atoms with Crippen LogP contribution in [0.15, 0.2) is 212 Å². The van der Waals surface area contributed by atoms with Crippen LogP contribution in [-0.4, -0.2) is 8.07 Å². The highest BCUT2D eigenvalue weighted by molar-refractivity contribution is 7.11. The van der Waals surface area contributed by atoms with Crippen LogP contribution in [0.3, 0.4) is 0 Å². The molecule has 0 aliphatic rings. The zero-order valence-corrected chi connectivity index (χ0v) is 33.2. The van der Waals surface area contributed by atoms with Crippen LogP contribution in [0.4, 0.5) is 0 Å². The first kappa shape index (κ1) is 33.1. The molecule has 12 aromatic carbocycles. The standard InChI is InChI=1S/C57H38Si/c1-58(45-33-26-37-12-2-3-14-43(37)36-45,53-35-30-42-25-24-39-16-10-17-40-29-34-52(53)56(42)54(39)40)44-31-27-41(28-32-44)55-48-19-6-8-21-50(48)57(51-22-9-7-20-49(51)55)47-23-11-15-38-13-4-5-18-46(38)47/h2-36H,1H3. The predicted octanol–water partition coefficient (Wildman–Crippen LogP) is 13.6. The summed E-state index contributed by atoms with van der Waals surface area (Å²) in [6.07, 6.45) is 0. The van der Waals surface area contributed by atoms with E-state index in [-0.39, 0.29) is 0 Å². The molecule has 0 radical (unpaired) electrons. The van der Waals surface area contributed by atoms with E-state index >= 15 is 0 Å². The molecule has 0 saturated carbocycles. The molecule has 0 aliphatic heterocycles.